The van der Waals surface area contributed by atoms with Gasteiger partial charge in [0.05, 0.1) is 0 Å². The molecule has 1 aliphatic rings. The summed E-state index contributed by atoms with van der Waals surface area (Å²) >= 11 is 0. The van der Waals surface area contributed by atoms with Crippen LogP contribution in [0.5, 0.6) is 0 Å². The van der Waals surface area contributed by atoms with Crippen molar-refractivity contribution in [2.75, 3.05) is 12.3 Å². The maximum atomic E-state index is 5.56. The van der Waals surface area contributed by atoms with Crippen molar-refractivity contribution >= 4 is 5.82 Å². The van der Waals surface area contributed by atoms with Crippen LogP contribution in [0.4, 0.5) is 5.82 Å². The Kier molecular flexibility index (Phi) is 2.40. The normalized spacial score (nSPS) is 22.0. The van der Waals surface area contributed by atoms with E-state index in [-0.39, 0.29) is 0 Å². The van der Waals surface area contributed by atoms with Crippen LogP contribution in [0, 0.1) is 0 Å². The van der Waals surface area contributed by atoms with Gasteiger partial charge in [-0.1, -0.05) is 0 Å². The molecule has 0 bridgehead atoms. The van der Waals surface area contributed by atoms with Gasteiger partial charge in [-0.05, 0) is 19.4 Å². The van der Waals surface area contributed by atoms with Gasteiger partial charge in [0.25, 0.3) is 0 Å². The minimum Gasteiger partial charge on any atom is -0.384 e. The fourth-order valence-corrected chi connectivity index (χ4v) is 1.71. The second-order valence-electron chi connectivity index (χ2n) is 3.43. The quantitative estimate of drug-likeness (QED) is 0.686. The van der Waals surface area contributed by atoms with Crippen LogP contribution in [0.3, 0.4) is 0 Å². The smallest absolute Gasteiger partial charge is 0.126 e. The molecule has 0 amide bonds. The summed E-state index contributed by atoms with van der Waals surface area (Å²) < 4.78 is 0. The summed E-state index contributed by atoms with van der Waals surface area (Å²) in [5.41, 5.74) is 6.60. The molecular weight excluding hydrogens is 164 g/mol. The average molecular weight is 178 g/mol. The summed E-state index contributed by atoms with van der Waals surface area (Å²) in [4.78, 5) is 8.03. The molecule has 1 aromatic rings. The maximum Gasteiger partial charge on any atom is 0.126 e. The van der Waals surface area contributed by atoms with Gasteiger partial charge in [0.2, 0.25) is 0 Å². The summed E-state index contributed by atoms with van der Waals surface area (Å²) in [6, 6.07) is 2.43. The first-order chi connectivity index (χ1) is 6.34. The molecule has 0 spiro atoms. The molecule has 3 N–H and O–H groups in total. The lowest BCUT2D eigenvalue weighted by molar-refractivity contribution is 0.594. The fraction of sp³-hybridized carbons (Fsp3) is 0.556. The Morgan fingerprint density at radius 3 is 3.15 bits per heavy atom. The van der Waals surface area contributed by atoms with E-state index < -0.39 is 0 Å². The maximum absolute atomic E-state index is 5.56. The van der Waals surface area contributed by atoms with Crippen LogP contribution >= 0.6 is 0 Å². The highest BCUT2D eigenvalue weighted by Gasteiger charge is 2.14. The van der Waals surface area contributed by atoms with Crippen LogP contribution in [-0.4, -0.2) is 22.6 Å². The number of rotatable bonds is 2. The van der Waals surface area contributed by atoms with Crippen LogP contribution in [-0.2, 0) is 6.42 Å². The molecule has 0 aliphatic carbocycles. The van der Waals surface area contributed by atoms with E-state index in [0.29, 0.717) is 11.9 Å². The first kappa shape index (κ1) is 8.44. The van der Waals surface area contributed by atoms with Gasteiger partial charge < -0.3 is 11.1 Å². The molecule has 0 saturated carbocycles. The predicted molar refractivity (Wildman–Crippen MR) is 51.2 cm³/mol. The van der Waals surface area contributed by atoms with Crippen molar-refractivity contribution in [1.82, 2.24) is 15.3 Å². The minimum absolute atomic E-state index is 0.558. The van der Waals surface area contributed by atoms with E-state index in [0.717, 1.165) is 18.7 Å². The molecule has 13 heavy (non-hydrogen) atoms. The highest BCUT2D eigenvalue weighted by Crippen LogP contribution is 2.10. The lowest BCUT2D eigenvalue weighted by atomic mass is 10.1. The molecule has 0 radical (unpaired) electrons. The van der Waals surface area contributed by atoms with E-state index >= 15 is 0 Å². The molecule has 1 saturated heterocycles. The van der Waals surface area contributed by atoms with Gasteiger partial charge in [-0.2, -0.15) is 0 Å². The lowest BCUT2D eigenvalue weighted by Gasteiger charge is -2.08. The van der Waals surface area contributed by atoms with Gasteiger partial charge >= 0.3 is 0 Å². The molecule has 1 aliphatic heterocycles. The first-order valence-electron chi connectivity index (χ1n) is 4.64. The van der Waals surface area contributed by atoms with E-state index in [1.165, 1.54) is 19.2 Å². The molecule has 2 heterocycles. The number of aromatic nitrogens is 2. The zero-order chi connectivity index (χ0) is 9.10. The predicted octanol–water partition coefficient (Wildman–Crippen LogP) is 0.353. The molecule has 1 atom stereocenters. The van der Waals surface area contributed by atoms with Gasteiger partial charge in [0.15, 0.2) is 0 Å². The van der Waals surface area contributed by atoms with Gasteiger partial charge in [0.1, 0.15) is 12.1 Å². The van der Waals surface area contributed by atoms with Gasteiger partial charge in [-0.3, -0.25) is 0 Å². The molecule has 4 heteroatoms. The van der Waals surface area contributed by atoms with Crippen molar-refractivity contribution in [1.29, 1.82) is 0 Å². The Morgan fingerprint density at radius 2 is 2.46 bits per heavy atom. The third-order valence-electron chi connectivity index (χ3n) is 2.36. The summed E-state index contributed by atoms with van der Waals surface area (Å²) in [5, 5.41) is 3.42. The Hall–Kier alpha value is -1.16. The highest BCUT2D eigenvalue weighted by molar-refractivity contribution is 5.28. The molecule has 70 valence electrons. The van der Waals surface area contributed by atoms with Gasteiger partial charge in [-0.15, -0.1) is 0 Å². The molecule has 1 aromatic heterocycles. The number of nitrogen functional groups attached to an aromatic ring is 1. The van der Waals surface area contributed by atoms with E-state index in [2.05, 4.69) is 15.3 Å². The zero-order valence-electron chi connectivity index (χ0n) is 7.53. The van der Waals surface area contributed by atoms with Crippen molar-refractivity contribution in [3.63, 3.8) is 0 Å². The Balaban J connectivity index is 2.00. The number of hydrogen-bond acceptors (Lipinski definition) is 4. The van der Waals surface area contributed by atoms with Crippen LogP contribution in [0.25, 0.3) is 0 Å². The standard InChI is InChI=1S/C9H14N4/c10-9-5-8(12-6-13-9)4-7-2-1-3-11-7/h5-7,11H,1-4H2,(H2,10,12,13). The summed E-state index contributed by atoms with van der Waals surface area (Å²) in [5.74, 6) is 0.558. The molecule has 0 aromatic carbocycles. The Bertz CT molecular complexity index is 281. The van der Waals surface area contributed by atoms with E-state index in [9.17, 15) is 0 Å². The monoisotopic (exact) mass is 178 g/mol. The number of nitrogens with zero attached hydrogens (tertiary/aromatic N) is 2. The fourth-order valence-electron chi connectivity index (χ4n) is 1.71. The third kappa shape index (κ3) is 2.15. The van der Waals surface area contributed by atoms with Crippen molar-refractivity contribution in [2.45, 2.75) is 25.3 Å². The van der Waals surface area contributed by atoms with Crippen LogP contribution in [0.15, 0.2) is 12.4 Å². The number of nitrogens with two attached hydrogens (primary N) is 1. The molecular formula is C9H14N4. The van der Waals surface area contributed by atoms with Crippen molar-refractivity contribution in [3.05, 3.63) is 18.1 Å². The SMILES string of the molecule is Nc1cc(CC2CCCN2)ncn1. The molecule has 4 nitrogen and oxygen atoms in total. The van der Waals surface area contributed by atoms with Crippen LogP contribution < -0.4 is 11.1 Å². The number of anilines is 1. The molecule has 1 unspecified atom stereocenters. The third-order valence-corrected chi connectivity index (χ3v) is 2.36. The topological polar surface area (TPSA) is 63.8 Å². The lowest BCUT2D eigenvalue weighted by Crippen LogP contribution is -2.24. The second-order valence-corrected chi connectivity index (χ2v) is 3.43. The number of nitrogens with one attached hydrogen (secondary N) is 1. The highest BCUT2D eigenvalue weighted by atomic mass is 14.9. The minimum atomic E-state index is 0.558. The zero-order valence-corrected chi connectivity index (χ0v) is 7.53. The average Bonchev–Trinajstić information content (AvgIpc) is 2.57. The van der Waals surface area contributed by atoms with Crippen LogP contribution in [0.2, 0.25) is 0 Å². The van der Waals surface area contributed by atoms with Crippen LogP contribution in [0.1, 0.15) is 18.5 Å². The Morgan fingerprint density at radius 1 is 1.54 bits per heavy atom. The summed E-state index contributed by atoms with van der Waals surface area (Å²) in [6.45, 7) is 1.13. The summed E-state index contributed by atoms with van der Waals surface area (Å²) in [7, 11) is 0. The van der Waals surface area contributed by atoms with Crippen molar-refractivity contribution < 1.29 is 0 Å². The van der Waals surface area contributed by atoms with E-state index in [1.807, 2.05) is 6.07 Å². The molecule has 2 rings (SSSR count). The van der Waals surface area contributed by atoms with Gasteiger partial charge in [-0.25, -0.2) is 9.97 Å². The molecule has 1 fully saturated rings. The van der Waals surface area contributed by atoms with Crippen molar-refractivity contribution in [2.24, 2.45) is 0 Å². The summed E-state index contributed by atoms with van der Waals surface area (Å²) in [6.07, 6.45) is 5.00. The Labute approximate surface area is 77.6 Å². The second kappa shape index (κ2) is 3.70. The van der Waals surface area contributed by atoms with E-state index in [1.54, 1.807) is 0 Å². The van der Waals surface area contributed by atoms with E-state index in [4.69, 9.17) is 5.73 Å². The number of hydrogen-bond donors (Lipinski definition) is 2. The van der Waals surface area contributed by atoms with Crippen molar-refractivity contribution in [3.8, 4) is 0 Å². The first-order valence-corrected chi connectivity index (χ1v) is 4.64. The largest absolute Gasteiger partial charge is 0.384 e. The van der Waals surface area contributed by atoms with Gasteiger partial charge in [0, 0.05) is 24.2 Å².